The summed E-state index contributed by atoms with van der Waals surface area (Å²) in [5.41, 5.74) is 4.18. The molecule has 0 aliphatic carbocycles. The van der Waals surface area contributed by atoms with Crippen molar-refractivity contribution < 1.29 is 14.3 Å². The van der Waals surface area contributed by atoms with E-state index in [-0.39, 0.29) is 5.91 Å². The predicted octanol–water partition coefficient (Wildman–Crippen LogP) is 6.38. The standard InChI is InChI=1S/C29H27NO3/c1-22(33-28-16-12-25(13-17-28)24-10-6-3-7-11-24)29(31)30-26-14-18-27(19-15-26)32-21-20-23-8-4-2-5-9-23/h2-19,22H,20-21H2,1H3,(H,30,31). The maximum absolute atomic E-state index is 12.6. The van der Waals surface area contributed by atoms with E-state index < -0.39 is 6.10 Å². The normalized spacial score (nSPS) is 11.4. The Kier molecular flexibility index (Phi) is 7.39. The van der Waals surface area contributed by atoms with Gasteiger partial charge in [0, 0.05) is 12.1 Å². The number of carbonyl (C=O) groups is 1. The number of benzene rings is 4. The second-order valence-corrected chi connectivity index (χ2v) is 7.75. The van der Waals surface area contributed by atoms with Crippen LogP contribution in [0.3, 0.4) is 0 Å². The second-order valence-electron chi connectivity index (χ2n) is 7.75. The van der Waals surface area contributed by atoms with Gasteiger partial charge in [-0.15, -0.1) is 0 Å². The molecule has 1 unspecified atom stereocenters. The highest BCUT2D eigenvalue weighted by Crippen LogP contribution is 2.23. The van der Waals surface area contributed by atoms with Gasteiger partial charge in [-0.3, -0.25) is 4.79 Å². The molecule has 0 aliphatic rings. The van der Waals surface area contributed by atoms with Crippen LogP contribution in [0.4, 0.5) is 5.69 Å². The minimum Gasteiger partial charge on any atom is -0.493 e. The monoisotopic (exact) mass is 437 g/mol. The first-order valence-corrected chi connectivity index (χ1v) is 11.1. The Morgan fingerprint density at radius 1 is 0.727 bits per heavy atom. The SMILES string of the molecule is CC(Oc1ccc(-c2ccccc2)cc1)C(=O)Nc1ccc(OCCc2ccccc2)cc1. The lowest BCUT2D eigenvalue weighted by molar-refractivity contribution is -0.122. The van der Waals surface area contributed by atoms with Crippen LogP contribution in [-0.2, 0) is 11.2 Å². The van der Waals surface area contributed by atoms with Crippen LogP contribution in [0.25, 0.3) is 11.1 Å². The van der Waals surface area contributed by atoms with Gasteiger partial charge in [-0.05, 0) is 60.0 Å². The molecule has 4 aromatic rings. The van der Waals surface area contributed by atoms with Gasteiger partial charge in [-0.25, -0.2) is 0 Å². The van der Waals surface area contributed by atoms with Crippen LogP contribution in [0.1, 0.15) is 12.5 Å². The number of anilines is 1. The molecule has 0 radical (unpaired) electrons. The van der Waals surface area contributed by atoms with E-state index in [2.05, 4.69) is 29.6 Å². The zero-order valence-corrected chi connectivity index (χ0v) is 18.6. The molecule has 1 N–H and O–H groups in total. The summed E-state index contributed by atoms with van der Waals surface area (Å²) in [5, 5.41) is 2.89. The Balaban J connectivity index is 1.25. The summed E-state index contributed by atoms with van der Waals surface area (Å²) in [6.45, 7) is 2.34. The van der Waals surface area contributed by atoms with Crippen LogP contribution in [0.2, 0.25) is 0 Å². The van der Waals surface area contributed by atoms with Crippen molar-refractivity contribution in [3.05, 3.63) is 115 Å². The lowest BCUT2D eigenvalue weighted by Crippen LogP contribution is -2.30. The molecule has 0 aromatic heterocycles. The molecule has 4 aromatic carbocycles. The molecule has 1 atom stereocenters. The molecule has 4 rings (SSSR count). The van der Waals surface area contributed by atoms with Crippen LogP contribution in [0.15, 0.2) is 109 Å². The van der Waals surface area contributed by atoms with Crippen LogP contribution in [-0.4, -0.2) is 18.6 Å². The van der Waals surface area contributed by atoms with Crippen LogP contribution in [0, 0.1) is 0 Å². The van der Waals surface area contributed by atoms with Gasteiger partial charge >= 0.3 is 0 Å². The fourth-order valence-electron chi connectivity index (χ4n) is 3.42. The predicted molar refractivity (Wildman–Crippen MR) is 133 cm³/mol. The first-order valence-electron chi connectivity index (χ1n) is 11.1. The molecule has 0 heterocycles. The molecule has 0 aliphatic heterocycles. The molecule has 4 heteroatoms. The van der Waals surface area contributed by atoms with Gasteiger partial charge in [0.2, 0.25) is 0 Å². The van der Waals surface area contributed by atoms with E-state index in [4.69, 9.17) is 9.47 Å². The van der Waals surface area contributed by atoms with E-state index in [1.54, 1.807) is 6.92 Å². The Morgan fingerprint density at radius 3 is 1.97 bits per heavy atom. The van der Waals surface area contributed by atoms with Gasteiger partial charge in [0.05, 0.1) is 6.61 Å². The van der Waals surface area contributed by atoms with Gasteiger partial charge < -0.3 is 14.8 Å². The fraction of sp³-hybridized carbons (Fsp3) is 0.138. The van der Waals surface area contributed by atoms with Crippen molar-refractivity contribution in [3.8, 4) is 22.6 Å². The summed E-state index contributed by atoms with van der Waals surface area (Å²) >= 11 is 0. The molecule has 33 heavy (non-hydrogen) atoms. The minimum atomic E-state index is -0.630. The molecule has 0 bridgehead atoms. The van der Waals surface area contributed by atoms with Crippen molar-refractivity contribution in [3.63, 3.8) is 0 Å². The van der Waals surface area contributed by atoms with E-state index in [9.17, 15) is 4.79 Å². The molecule has 1 amide bonds. The molecular formula is C29H27NO3. The number of ether oxygens (including phenoxy) is 2. The topological polar surface area (TPSA) is 47.6 Å². The van der Waals surface area contributed by atoms with Gasteiger partial charge in [-0.2, -0.15) is 0 Å². The third kappa shape index (κ3) is 6.47. The second kappa shape index (κ2) is 11.0. The smallest absolute Gasteiger partial charge is 0.265 e. The molecule has 0 spiro atoms. The van der Waals surface area contributed by atoms with E-state index in [0.29, 0.717) is 18.0 Å². The summed E-state index contributed by atoms with van der Waals surface area (Å²) in [6.07, 6.45) is 0.218. The summed E-state index contributed by atoms with van der Waals surface area (Å²) in [5.74, 6) is 1.21. The van der Waals surface area contributed by atoms with Gasteiger partial charge in [0.1, 0.15) is 11.5 Å². The van der Waals surface area contributed by atoms with Gasteiger partial charge in [0.25, 0.3) is 5.91 Å². The quantitative estimate of drug-likeness (QED) is 0.330. The minimum absolute atomic E-state index is 0.208. The first-order chi connectivity index (χ1) is 16.2. The van der Waals surface area contributed by atoms with Gasteiger partial charge in [0.15, 0.2) is 6.10 Å². The number of hydrogen-bond donors (Lipinski definition) is 1. The summed E-state index contributed by atoms with van der Waals surface area (Å²) in [4.78, 5) is 12.6. The third-order valence-electron chi connectivity index (χ3n) is 5.27. The maximum Gasteiger partial charge on any atom is 0.265 e. The molecule has 0 fully saturated rings. The van der Waals surface area contributed by atoms with Gasteiger partial charge in [-0.1, -0.05) is 72.8 Å². The molecule has 4 nitrogen and oxygen atoms in total. The number of carbonyl (C=O) groups excluding carboxylic acids is 1. The lowest BCUT2D eigenvalue weighted by Gasteiger charge is -2.15. The van der Waals surface area contributed by atoms with E-state index in [1.165, 1.54) is 5.56 Å². The van der Waals surface area contributed by atoms with Crippen molar-refractivity contribution in [2.75, 3.05) is 11.9 Å². The van der Waals surface area contributed by atoms with Crippen molar-refractivity contribution in [1.29, 1.82) is 0 Å². The highest BCUT2D eigenvalue weighted by atomic mass is 16.5. The molecule has 0 saturated carbocycles. The average molecular weight is 438 g/mol. The Labute approximate surface area is 194 Å². The number of rotatable bonds is 9. The van der Waals surface area contributed by atoms with E-state index in [0.717, 1.165) is 23.3 Å². The molecule has 166 valence electrons. The van der Waals surface area contributed by atoms with E-state index >= 15 is 0 Å². The molecule has 0 saturated heterocycles. The van der Waals surface area contributed by atoms with Crippen molar-refractivity contribution in [2.45, 2.75) is 19.4 Å². The summed E-state index contributed by atoms with van der Waals surface area (Å²) in [7, 11) is 0. The Bertz CT molecular complexity index is 1140. The maximum atomic E-state index is 12.6. The number of hydrogen-bond acceptors (Lipinski definition) is 3. The zero-order valence-electron chi connectivity index (χ0n) is 18.6. The summed E-state index contributed by atoms with van der Waals surface area (Å²) in [6, 6.07) is 35.5. The summed E-state index contributed by atoms with van der Waals surface area (Å²) < 4.78 is 11.6. The van der Waals surface area contributed by atoms with Crippen LogP contribution >= 0.6 is 0 Å². The van der Waals surface area contributed by atoms with Crippen molar-refractivity contribution in [2.24, 2.45) is 0 Å². The fourth-order valence-corrected chi connectivity index (χ4v) is 3.42. The average Bonchev–Trinajstić information content (AvgIpc) is 2.87. The first kappa shape index (κ1) is 22.2. The number of nitrogens with one attached hydrogen (secondary N) is 1. The van der Waals surface area contributed by atoms with E-state index in [1.807, 2.05) is 84.9 Å². The highest BCUT2D eigenvalue weighted by molar-refractivity contribution is 5.94. The Morgan fingerprint density at radius 2 is 1.30 bits per heavy atom. The highest BCUT2D eigenvalue weighted by Gasteiger charge is 2.15. The van der Waals surface area contributed by atoms with Crippen molar-refractivity contribution in [1.82, 2.24) is 0 Å². The third-order valence-corrected chi connectivity index (χ3v) is 5.27. The largest absolute Gasteiger partial charge is 0.493 e. The zero-order chi connectivity index (χ0) is 22.9. The van der Waals surface area contributed by atoms with Crippen LogP contribution < -0.4 is 14.8 Å². The Hall–Kier alpha value is -4.05. The van der Waals surface area contributed by atoms with Crippen molar-refractivity contribution >= 4 is 11.6 Å². The lowest BCUT2D eigenvalue weighted by atomic mass is 10.1. The number of amides is 1. The van der Waals surface area contributed by atoms with Crippen LogP contribution in [0.5, 0.6) is 11.5 Å². The molecular weight excluding hydrogens is 410 g/mol.